The highest BCUT2D eigenvalue weighted by atomic mass is 79.9. The van der Waals surface area contributed by atoms with Gasteiger partial charge in [0.2, 0.25) is 0 Å². The van der Waals surface area contributed by atoms with Crippen molar-refractivity contribution in [3.63, 3.8) is 0 Å². The molecule has 0 saturated carbocycles. The monoisotopic (exact) mass is 310 g/mol. The first-order valence-corrected chi connectivity index (χ1v) is 7.33. The zero-order valence-corrected chi connectivity index (χ0v) is 11.9. The molecule has 90 valence electrons. The highest BCUT2D eigenvalue weighted by molar-refractivity contribution is 9.10. The number of aryl methyl sites for hydroxylation is 1. The van der Waals surface area contributed by atoms with Gasteiger partial charge >= 0.3 is 0 Å². The molecule has 0 atom stereocenters. The molecule has 0 spiro atoms. The fourth-order valence-electron chi connectivity index (χ4n) is 1.65. The molecule has 0 radical (unpaired) electrons. The molecule has 0 fully saturated rings. The number of nitrogens with two attached hydrogens (primary N) is 1. The Kier molecular flexibility index (Phi) is 4.71. The van der Waals surface area contributed by atoms with Gasteiger partial charge in [0, 0.05) is 16.3 Å². The number of hydrogen-bond acceptors (Lipinski definition) is 3. The van der Waals surface area contributed by atoms with Gasteiger partial charge in [0.1, 0.15) is 0 Å². The zero-order valence-electron chi connectivity index (χ0n) is 9.53. The molecule has 2 N–H and O–H groups in total. The lowest BCUT2D eigenvalue weighted by molar-refractivity contribution is 0.812. The van der Waals surface area contributed by atoms with Gasteiger partial charge in [-0.3, -0.25) is 0 Å². The van der Waals surface area contributed by atoms with E-state index in [1.165, 1.54) is 16.3 Å². The standard InChI is InChI=1S/C13H15BrN2S/c14-11-4-1-3-10(7-11)8-13-16-12(9-17-13)5-2-6-15/h1,3-4,7,9H,2,5-6,8,15H2. The lowest BCUT2D eigenvalue weighted by Crippen LogP contribution is -2.00. The molecule has 1 heterocycles. The average molecular weight is 311 g/mol. The van der Waals surface area contributed by atoms with Gasteiger partial charge in [-0.15, -0.1) is 11.3 Å². The summed E-state index contributed by atoms with van der Waals surface area (Å²) < 4.78 is 1.12. The van der Waals surface area contributed by atoms with Crippen LogP contribution in [0.4, 0.5) is 0 Å². The summed E-state index contributed by atoms with van der Waals surface area (Å²) in [6, 6.07) is 8.37. The van der Waals surface area contributed by atoms with Crippen LogP contribution in [0.5, 0.6) is 0 Å². The number of rotatable bonds is 5. The Morgan fingerprint density at radius 3 is 3.00 bits per heavy atom. The molecule has 2 aromatic rings. The predicted molar refractivity (Wildman–Crippen MR) is 76.4 cm³/mol. The van der Waals surface area contributed by atoms with Crippen LogP contribution >= 0.6 is 27.3 Å². The summed E-state index contributed by atoms with van der Waals surface area (Å²) in [6.45, 7) is 0.735. The maximum atomic E-state index is 5.49. The smallest absolute Gasteiger partial charge is 0.0972 e. The summed E-state index contributed by atoms with van der Waals surface area (Å²) in [4.78, 5) is 4.62. The minimum absolute atomic E-state index is 0.735. The van der Waals surface area contributed by atoms with Crippen LogP contribution in [0.25, 0.3) is 0 Å². The van der Waals surface area contributed by atoms with Gasteiger partial charge in [-0.25, -0.2) is 4.98 Å². The number of benzene rings is 1. The first kappa shape index (κ1) is 12.7. The highest BCUT2D eigenvalue weighted by Crippen LogP contribution is 2.18. The van der Waals surface area contributed by atoms with Crippen LogP contribution in [0.1, 0.15) is 22.7 Å². The normalized spacial score (nSPS) is 10.7. The molecular weight excluding hydrogens is 296 g/mol. The summed E-state index contributed by atoms with van der Waals surface area (Å²) in [5, 5.41) is 3.32. The van der Waals surface area contributed by atoms with Crippen LogP contribution in [0.2, 0.25) is 0 Å². The lowest BCUT2D eigenvalue weighted by Gasteiger charge is -1.98. The molecule has 2 rings (SSSR count). The number of nitrogens with zero attached hydrogens (tertiary/aromatic N) is 1. The first-order valence-electron chi connectivity index (χ1n) is 5.65. The molecule has 0 bridgehead atoms. The van der Waals surface area contributed by atoms with E-state index in [9.17, 15) is 0 Å². The van der Waals surface area contributed by atoms with Crippen LogP contribution in [0.15, 0.2) is 34.1 Å². The number of halogens is 1. The third-order valence-electron chi connectivity index (χ3n) is 2.48. The van der Waals surface area contributed by atoms with Crippen LogP contribution < -0.4 is 5.73 Å². The Balaban J connectivity index is 2.01. The van der Waals surface area contributed by atoms with E-state index < -0.39 is 0 Å². The highest BCUT2D eigenvalue weighted by Gasteiger charge is 2.03. The second-order valence-corrected chi connectivity index (χ2v) is 5.79. The van der Waals surface area contributed by atoms with Crippen molar-refractivity contribution in [3.8, 4) is 0 Å². The third-order valence-corrected chi connectivity index (χ3v) is 3.87. The fourth-order valence-corrected chi connectivity index (χ4v) is 2.96. The average Bonchev–Trinajstić information content (AvgIpc) is 2.74. The Labute approximate surface area is 114 Å². The van der Waals surface area contributed by atoms with Crippen LogP contribution in [-0.2, 0) is 12.8 Å². The van der Waals surface area contributed by atoms with E-state index in [0.717, 1.165) is 30.3 Å². The van der Waals surface area contributed by atoms with Crippen LogP contribution in [-0.4, -0.2) is 11.5 Å². The van der Waals surface area contributed by atoms with Gasteiger partial charge in [0.15, 0.2) is 0 Å². The van der Waals surface area contributed by atoms with E-state index in [1.807, 2.05) is 6.07 Å². The Bertz CT molecular complexity index is 482. The minimum atomic E-state index is 0.735. The molecule has 0 aliphatic rings. The maximum Gasteiger partial charge on any atom is 0.0972 e. The maximum absolute atomic E-state index is 5.49. The Morgan fingerprint density at radius 2 is 2.24 bits per heavy atom. The number of aromatic nitrogens is 1. The second kappa shape index (κ2) is 6.28. The number of hydrogen-bond donors (Lipinski definition) is 1. The van der Waals surface area contributed by atoms with Gasteiger partial charge in [0.05, 0.1) is 10.7 Å². The Morgan fingerprint density at radius 1 is 1.35 bits per heavy atom. The summed E-state index contributed by atoms with van der Waals surface area (Å²) >= 11 is 5.22. The van der Waals surface area contributed by atoms with Gasteiger partial charge < -0.3 is 5.73 Å². The van der Waals surface area contributed by atoms with Crippen molar-refractivity contribution in [1.29, 1.82) is 0 Å². The van der Waals surface area contributed by atoms with Crippen molar-refractivity contribution in [1.82, 2.24) is 4.98 Å². The quantitative estimate of drug-likeness (QED) is 0.919. The third kappa shape index (κ3) is 3.91. The van der Waals surface area contributed by atoms with E-state index in [4.69, 9.17) is 5.73 Å². The van der Waals surface area contributed by atoms with Crippen molar-refractivity contribution in [2.45, 2.75) is 19.3 Å². The van der Waals surface area contributed by atoms with Crippen molar-refractivity contribution >= 4 is 27.3 Å². The molecular formula is C13H15BrN2S. The van der Waals surface area contributed by atoms with Crippen molar-refractivity contribution in [2.75, 3.05) is 6.54 Å². The molecule has 0 amide bonds. The summed E-state index contributed by atoms with van der Waals surface area (Å²) in [5.41, 5.74) is 7.96. The topological polar surface area (TPSA) is 38.9 Å². The lowest BCUT2D eigenvalue weighted by atomic mass is 10.2. The first-order chi connectivity index (χ1) is 8.28. The van der Waals surface area contributed by atoms with Crippen molar-refractivity contribution in [2.24, 2.45) is 5.73 Å². The van der Waals surface area contributed by atoms with E-state index in [-0.39, 0.29) is 0 Å². The van der Waals surface area contributed by atoms with Gasteiger partial charge in [-0.1, -0.05) is 28.1 Å². The van der Waals surface area contributed by atoms with E-state index >= 15 is 0 Å². The summed E-state index contributed by atoms with van der Waals surface area (Å²) in [6.07, 6.45) is 2.91. The molecule has 4 heteroatoms. The molecule has 0 aliphatic carbocycles. The molecule has 0 aliphatic heterocycles. The van der Waals surface area contributed by atoms with E-state index in [0.29, 0.717) is 0 Å². The van der Waals surface area contributed by atoms with Crippen LogP contribution in [0, 0.1) is 0 Å². The SMILES string of the molecule is NCCCc1csc(Cc2cccc(Br)c2)n1. The van der Waals surface area contributed by atoms with Gasteiger partial charge in [-0.2, -0.15) is 0 Å². The fraction of sp³-hybridized carbons (Fsp3) is 0.308. The molecule has 1 aromatic heterocycles. The molecule has 2 nitrogen and oxygen atoms in total. The molecule has 0 saturated heterocycles. The molecule has 1 aromatic carbocycles. The van der Waals surface area contributed by atoms with Gasteiger partial charge in [-0.05, 0) is 37.1 Å². The van der Waals surface area contributed by atoms with E-state index in [2.05, 4.69) is 44.5 Å². The predicted octanol–water partition coefficient (Wildman–Crippen LogP) is 3.39. The second-order valence-electron chi connectivity index (χ2n) is 3.93. The molecule has 17 heavy (non-hydrogen) atoms. The van der Waals surface area contributed by atoms with Crippen molar-refractivity contribution in [3.05, 3.63) is 50.4 Å². The summed E-state index contributed by atoms with van der Waals surface area (Å²) in [7, 11) is 0. The number of thiazole rings is 1. The van der Waals surface area contributed by atoms with Crippen LogP contribution in [0.3, 0.4) is 0 Å². The largest absolute Gasteiger partial charge is 0.330 e. The zero-order chi connectivity index (χ0) is 12.1. The van der Waals surface area contributed by atoms with Crippen molar-refractivity contribution < 1.29 is 0 Å². The van der Waals surface area contributed by atoms with Gasteiger partial charge in [0.25, 0.3) is 0 Å². The van der Waals surface area contributed by atoms with E-state index in [1.54, 1.807) is 11.3 Å². The molecule has 0 unspecified atom stereocenters. The minimum Gasteiger partial charge on any atom is -0.330 e. The Hall–Kier alpha value is -0.710. The summed E-state index contributed by atoms with van der Waals surface area (Å²) in [5.74, 6) is 0.